The smallest absolute Gasteiger partial charge is 0.267 e. The number of nitrogens with two attached hydrogens (primary N) is 3. The highest BCUT2D eigenvalue weighted by molar-refractivity contribution is 6.10. The first kappa shape index (κ1) is 53.0. The zero-order valence-electron chi connectivity index (χ0n) is 38.4. The molecular weight excluding hydrogens is 851 g/mol. The molecule has 16 heteroatoms. The van der Waals surface area contributed by atoms with Gasteiger partial charge in [0.2, 0.25) is 12.0 Å². The van der Waals surface area contributed by atoms with Crippen LogP contribution in [0.25, 0.3) is 16.2 Å². The maximum Gasteiger partial charge on any atom is 0.267 e. The predicted molar refractivity (Wildman–Crippen MR) is 258 cm³/mol. The molecule has 16 nitrogen and oxygen atoms in total. The van der Waals surface area contributed by atoms with Crippen molar-refractivity contribution < 1.29 is 33.4 Å². The van der Waals surface area contributed by atoms with Crippen LogP contribution in [-0.4, -0.2) is 54.5 Å². The molecule has 0 fully saturated rings. The number of aliphatic imine (C=N–C) groups is 1. The van der Waals surface area contributed by atoms with Crippen LogP contribution in [0.4, 0.5) is 17.2 Å². The second kappa shape index (κ2) is 29.2. The highest BCUT2D eigenvalue weighted by atomic mass is 16.5. The van der Waals surface area contributed by atoms with Gasteiger partial charge in [0.25, 0.3) is 11.7 Å². The van der Waals surface area contributed by atoms with Crippen LogP contribution in [0.5, 0.6) is 17.2 Å². The Morgan fingerprint density at radius 3 is 1.94 bits per heavy atom. The summed E-state index contributed by atoms with van der Waals surface area (Å²) < 4.78 is 16.3. The van der Waals surface area contributed by atoms with Gasteiger partial charge in [-0.2, -0.15) is 10.3 Å². The molecule has 0 aliphatic carbocycles. The summed E-state index contributed by atoms with van der Waals surface area (Å²) in [6, 6.07) is 30.7. The Morgan fingerprint density at radius 2 is 1.43 bits per heavy atom. The summed E-state index contributed by atoms with van der Waals surface area (Å²) in [6.45, 7) is 14.0. The molecule has 4 aromatic carbocycles. The number of carbonyl (C=O) groups is 3. The molecule has 0 atom stereocenters. The minimum absolute atomic E-state index is 0.0348. The number of hydrogen-bond donors (Lipinski definition) is 3. The number of hydrogen-bond acceptors (Lipinski definition) is 13. The van der Waals surface area contributed by atoms with Gasteiger partial charge in [-0.1, -0.05) is 89.3 Å². The number of benzene rings is 4. The number of primary amides is 1. The number of carbonyl (C=O) groups excluding carboxylic acids is 4. The number of ether oxygens (including phenoxy) is 3. The summed E-state index contributed by atoms with van der Waals surface area (Å²) >= 11 is 0. The van der Waals surface area contributed by atoms with Crippen molar-refractivity contribution in [1.29, 1.82) is 5.26 Å². The minimum Gasteiger partial charge on any atom is -0.494 e. The van der Waals surface area contributed by atoms with Crippen LogP contribution in [0.1, 0.15) is 97.2 Å². The molecule has 348 valence electrons. The molecule has 5 aromatic rings. The number of methoxy groups -OCH3 is 1. The van der Waals surface area contributed by atoms with E-state index in [1.54, 1.807) is 35.2 Å². The largest absolute Gasteiger partial charge is 0.494 e. The number of unbranched alkanes of at least 4 members (excludes halogenated alkanes) is 6. The first-order valence-corrected chi connectivity index (χ1v) is 21.7. The second-order valence-electron chi connectivity index (χ2n) is 14.7. The third-order valence-corrected chi connectivity index (χ3v) is 9.79. The van der Waals surface area contributed by atoms with Gasteiger partial charge in [-0.25, -0.2) is 14.8 Å². The number of aromatic nitrogens is 2. The topological polar surface area (TPSA) is 244 Å². The minimum atomic E-state index is -0.679. The third-order valence-electron chi connectivity index (χ3n) is 9.79. The lowest BCUT2D eigenvalue weighted by molar-refractivity contribution is -0.116. The van der Waals surface area contributed by atoms with Crippen LogP contribution < -0.4 is 36.3 Å². The maximum absolute atomic E-state index is 12.9. The maximum atomic E-state index is 12.9. The number of aryl methyl sites for hydroxylation is 1. The van der Waals surface area contributed by atoms with Crippen molar-refractivity contribution in [3.05, 3.63) is 142 Å². The van der Waals surface area contributed by atoms with Gasteiger partial charge in [-0.3, -0.25) is 19.3 Å². The van der Waals surface area contributed by atoms with Gasteiger partial charge in [0, 0.05) is 16.7 Å². The Labute approximate surface area is 391 Å². The van der Waals surface area contributed by atoms with Crippen LogP contribution >= 0.6 is 0 Å². The average molecular weight is 908 g/mol. The summed E-state index contributed by atoms with van der Waals surface area (Å²) in [5, 5.41) is 7.98. The van der Waals surface area contributed by atoms with E-state index in [2.05, 4.69) is 33.7 Å². The summed E-state index contributed by atoms with van der Waals surface area (Å²) in [7, 11) is 1.53. The Hall–Kier alpha value is -8.33. The monoisotopic (exact) mass is 907 g/mol. The summed E-state index contributed by atoms with van der Waals surface area (Å²) in [6.07, 6.45) is 11.7. The lowest BCUT2D eigenvalue weighted by Gasteiger charge is -2.19. The number of nitrogens with zero attached hydrogens (tertiary/aromatic N) is 6. The summed E-state index contributed by atoms with van der Waals surface area (Å²) in [5.41, 5.74) is 19.3. The molecule has 6 rings (SSSR count). The van der Waals surface area contributed by atoms with Crippen molar-refractivity contribution in [2.75, 3.05) is 25.2 Å². The number of para-hydroxylation sites is 3. The van der Waals surface area contributed by atoms with Gasteiger partial charge in [0.1, 0.15) is 52.5 Å². The molecule has 0 bridgehead atoms. The van der Waals surface area contributed by atoms with Crippen molar-refractivity contribution in [2.24, 2.45) is 22.2 Å². The highest BCUT2D eigenvalue weighted by Gasteiger charge is 2.35. The van der Waals surface area contributed by atoms with E-state index in [0.29, 0.717) is 46.4 Å². The highest BCUT2D eigenvalue weighted by Crippen LogP contribution is 2.38. The van der Waals surface area contributed by atoms with E-state index >= 15 is 0 Å². The van der Waals surface area contributed by atoms with Gasteiger partial charge < -0.3 is 36.3 Å². The number of isocyanates is 1. The zero-order valence-corrected chi connectivity index (χ0v) is 38.4. The SMILES string of the molecule is CCCCCCOc1ccc(-c2nc(C(N)=O)c3c(n2)N(c2ccccc2C)C(=O)C3)cc1.CCCCCCOc1ccc(C=O)cc1.COc1ccccc1N=C=O.[C-]#[N+]/C(N)=C(/N)C#N. The average Bonchev–Trinajstić information content (AvgIpc) is 3.69. The zero-order chi connectivity index (χ0) is 49.0. The van der Waals surface area contributed by atoms with Gasteiger partial charge in [0.15, 0.2) is 5.82 Å². The molecule has 0 spiro atoms. The first-order valence-electron chi connectivity index (χ1n) is 21.7. The molecule has 1 aliphatic rings. The summed E-state index contributed by atoms with van der Waals surface area (Å²) in [5.74, 6) is 1.85. The van der Waals surface area contributed by atoms with Crippen LogP contribution in [0.2, 0.25) is 0 Å². The predicted octanol–water partition coefficient (Wildman–Crippen LogP) is 9.37. The quantitative estimate of drug-likeness (QED) is 0.0186. The number of anilines is 2. The van der Waals surface area contributed by atoms with Crippen LogP contribution in [0, 0.1) is 24.8 Å². The van der Waals surface area contributed by atoms with Crippen LogP contribution in [0.15, 0.2) is 114 Å². The van der Waals surface area contributed by atoms with Gasteiger partial charge in [-0.05, 0) is 92.1 Å². The lowest BCUT2D eigenvalue weighted by Crippen LogP contribution is -2.22. The molecule has 0 unspecified atom stereocenters. The first-order chi connectivity index (χ1) is 32.5. The van der Waals surface area contributed by atoms with Crippen LogP contribution in [0.3, 0.4) is 0 Å². The lowest BCUT2D eigenvalue weighted by atomic mass is 10.1. The third kappa shape index (κ3) is 17.0. The van der Waals surface area contributed by atoms with Crippen LogP contribution in [-0.2, 0) is 16.0 Å². The van der Waals surface area contributed by atoms with Gasteiger partial charge in [0.05, 0.1) is 32.4 Å². The molecule has 2 amide bonds. The van der Waals surface area contributed by atoms with E-state index in [4.69, 9.17) is 43.2 Å². The number of amides is 2. The molecule has 1 aliphatic heterocycles. The fourth-order valence-corrected chi connectivity index (χ4v) is 6.23. The molecular formula is C51H57N9O7. The summed E-state index contributed by atoms with van der Waals surface area (Å²) in [4.78, 5) is 62.2. The Morgan fingerprint density at radius 1 is 0.851 bits per heavy atom. The van der Waals surface area contributed by atoms with E-state index in [0.717, 1.165) is 54.9 Å². The number of fused-ring (bicyclic) bond motifs is 1. The van der Waals surface area contributed by atoms with Crippen molar-refractivity contribution in [3.63, 3.8) is 0 Å². The number of nitriles is 1. The number of rotatable bonds is 18. The number of aldehydes is 1. The van der Waals surface area contributed by atoms with Crippen molar-refractivity contribution in [2.45, 2.75) is 78.6 Å². The van der Waals surface area contributed by atoms with E-state index in [-0.39, 0.29) is 29.5 Å². The fourth-order valence-electron chi connectivity index (χ4n) is 6.23. The number of allylic oxidation sites excluding steroid dienone is 1. The standard InChI is InChI=1S/C26H28N4O3.C13H18O2.C8H7NO2.C4H4N4/c1-3-4-5-8-15-33-19-13-11-18(12-14-19)25-28-23(24(27)32)20-16-22(31)30(26(20)29-25)21-10-7-6-9-17(21)2;1-2-3-4-5-10-15-13-8-6-12(11-14)7-9-13;1-11-8-5-3-2-4-7(8)9-6-10;1-8-4(7)3(6)2-5/h6-7,9-14H,3-5,8,15-16H2,1-2H3,(H2,27,32);6-9,11H,2-5,10H2,1H3;2-5H,1H3;6-7H2/b;;;4-3+. The van der Waals surface area contributed by atoms with E-state index < -0.39 is 5.91 Å². The molecule has 0 saturated carbocycles. The molecule has 1 aromatic heterocycles. The van der Waals surface area contributed by atoms with E-state index in [1.807, 2.05) is 73.7 Å². The normalized spacial score (nSPS) is 11.1. The molecule has 0 radical (unpaired) electrons. The van der Waals surface area contributed by atoms with Gasteiger partial charge >= 0.3 is 0 Å². The fraction of sp³-hybridized carbons (Fsp3) is 0.294. The van der Waals surface area contributed by atoms with Crippen molar-refractivity contribution >= 4 is 41.4 Å². The molecule has 67 heavy (non-hydrogen) atoms. The second-order valence-corrected chi connectivity index (χ2v) is 14.7. The molecule has 6 N–H and O–H groups in total. The Kier molecular flexibility index (Phi) is 23.1. The molecule has 0 saturated heterocycles. The van der Waals surface area contributed by atoms with Gasteiger partial charge in [-0.15, -0.1) is 0 Å². The Balaban J connectivity index is 0.000000287. The van der Waals surface area contributed by atoms with Crippen molar-refractivity contribution in [1.82, 2.24) is 9.97 Å². The van der Waals surface area contributed by atoms with Crippen molar-refractivity contribution in [3.8, 4) is 34.7 Å². The Bertz CT molecular complexity index is 2540. The van der Waals surface area contributed by atoms with E-state index in [1.165, 1.54) is 51.4 Å². The van der Waals surface area contributed by atoms with E-state index in [9.17, 15) is 19.2 Å². The molecule has 2 heterocycles.